The van der Waals surface area contributed by atoms with Crippen LogP contribution in [0.2, 0.25) is 0 Å². The highest BCUT2D eigenvalue weighted by Gasteiger charge is 2.17. The Morgan fingerprint density at radius 1 is 1.16 bits per heavy atom. The van der Waals surface area contributed by atoms with Gasteiger partial charge in [-0.1, -0.05) is 0 Å². The van der Waals surface area contributed by atoms with Crippen molar-refractivity contribution in [3.8, 4) is 0 Å². The maximum atomic E-state index is 5.88. The molecule has 1 aromatic carbocycles. The molecule has 4 heteroatoms. The molecule has 1 aromatic rings. The molecule has 2 rings (SSSR count). The Kier molecular flexibility index (Phi) is 4.66. The number of benzene rings is 1. The van der Waals surface area contributed by atoms with Gasteiger partial charge in [0.05, 0.1) is 0 Å². The highest BCUT2D eigenvalue weighted by Crippen LogP contribution is 2.21. The van der Waals surface area contributed by atoms with E-state index in [1.807, 2.05) is 6.07 Å². The van der Waals surface area contributed by atoms with Crippen LogP contribution >= 0.6 is 0 Å². The lowest BCUT2D eigenvalue weighted by molar-refractivity contribution is 0.229. The molecule has 1 saturated heterocycles. The molecule has 1 heterocycles. The molecular formula is C15H26N4. The summed E-state index contributed by atoms with van der Waals surface area (Å²) in [5.41, 5.74) is 9.24. The van der Waals surface area contributed by atoms with Crippen LogP contribution in [0.1, 0.15) is 5.56 Å². The van der Waals surface area contributed by atoms with Crippen LogP contribution in [0.3, 0.4) is 0 Å². The van der Waals surface area contributed by atoms with Gasteiger partial charge in [-0.3, -0.25) is 4.90 Å². The van der Waals surface area contributed by atoms with Crippen molar-refractivity contribution in [2.24, 2.45) is 0 Å². The molecule has 0 atom stereocenters. The minimum atomic E-state index is 0.883. The Labute approximate surface area is 116 Å². The zero-order valence-electron chi connectivity index (χ0n) is 12.4. The van der Waals surface area contributed by atoms with Crippen molar-refractivity contribution in [1.29, 1.82) is 0 Å². The minimum Gasteiger partial charge on any atom is -0.399 e. The minimum absolute atomic E-state index is 0.883. The molecule has 19 heavy (non-hydrogen) atoms. The second-order valence-electron chi connectivity index (χ2n) is 5.67. The van der Waals surface area contributed by atoms with Gasteiger partial charge in [0.1, 0.15) is 0 Å². The number of nitrogen functional groups attached to an aromatic ring is 1. The Morgan fingerprint density at radius 2 is 1.84 bits per heavy atom. The Morgan fingerprint density at radius 3 is 2.42 bits per heavy atom. The lowest BCUT2D eigenvalue weighted by Crippen LogP contribution is -2.48. The molecule has 1 fully saturated rings. The molecule has 2 N–H and O–H groups in total. The lowest BCUT2D eigenvalue weighted by atomic mass is 10.1. The zero-order valence-corrected chi connectivity index (χ0v) is 12.4. The molecule has 4 nitrogen and oxygen atoms in total. The van der Waals surface area contributed by atoms with Gasteiger partial charge < -0.3 is 15.5 Å². The summed E-state index contributed by atoms with van der Waals surface area (Å²) in [6, 6.07) is 6.35. The van der Waals surface area contributed by atoms with Gasteiger partial charge in [-0.2, -0.15) is 0 Å². The molecular weight excluding hydrogens is 236 g/mol. The standard InChI is InChI=1S/C15H26N4/c1-13-12-14(4-5-15(13)16)19-10-8-18(9-11-19)7-6-17(2)3/h4-5,12H,6-11,16H2,1-3H3. The summed E-state index contributed by atoms with van der Waals surface area (Å²) in [7, 11) is 4.26. The number of hydrogen-bond donors (Lipinski definition) is 1. The van der Waals surface area contributed by atoms with Crippen LogP contribution in [0.25, 0.3) is 0 Å². The van der Waals surface area contributed by atoms with Gasteiger partial charge in [-0.15, -0.1) is 0 Å². The van der Waals surface area contributed by atoms with Crippen LogP contribution in [0, 0.1) is 6.92 Å². The van der Waals surface area contributed by atoms with E-state index in [4.69, 9.17) is 5.73 Å². The molecule has 0 bridgehead atoms. The largest absolute Gasteiger partial charge is 0.399 e. The van der Waals surface area contributed by atoms with Gasteiger partial charge in [0.15, 0.2) is 0 Å². The lowest BCUT2D eigenvalue weighted by Gasteiger charge is -2.36. The van der Waals surface area contributed by atoms with Gasteiger partial charge in [0.2, 0.25) is 0 Å². The molecule has 0 radical (unpaired) electrons. The summed E-state index contributed by atoms with van der Waals surface area (Å²) in [6.45, 7) is 8.90. The monoisotopic (exact) mass is 262 g/mol. The van der Waals surface area contributed by atoms with E-state index in [9.17, 15) is 0 Å². The molecule has 0 spiro atoms. The summed E-state index contributed by atoms with van der Waals surface area (Å²) < 4.78 is 0. The third kappa shape index (κ3) is 3.85. The fraction of sp³-hybridized carbons (Fsp3) is 0.600. The number of nitrogens with two attached hydrogens (primary N) is 1. The number of nitrogens with zero attached hydrogens (tertiary/aromatic N) is 3. The highest BCUT2D eigenvalue weighted by molar-refractivity contribution is 5.58. The maximum absolute atomic E-state index is 5.88. The smallest absolute Gasteiger partial charge is 0.0371 e. The topological polar surface area (TPSA) is 35.7 Å². The van der Waals surface area contributed by atoms with Gasteiger partial charge in [-0.25, -0.2) is 0 Å². The Balaban J connectivity index is 1.87. The fourth-order valence-corrected chi connectivity index (χ4v) is 2.43. The van der Waals surface area contributed by atoms with Crippen molar-refractivity contribution in [3.63, 3.8) is 0 Å². The van der Waals surface area contributed by atoms with Gasteiger partial charge in [0.25, 0.3) is 0 Å². The number of likely N-dealkylation sites (N-methyl/N-ethyl adjacent to an activating group) is 1. The predicted octanol–water partition coefficient (Wildman–Crippen LogP) is 1.26. The number of hydrogen-bond acceptors (Lipinski definition) is 4. The quantitative estimate of drug-likeness (QED) is 0.829. The third-order valence-corrected chi connectivity index (χ3v) is 3.85. The zero-order chi connectivity index (χ0) is 13.8. The second kappa shape index (κ2) is 6.26. The van der Waals surface area contributed by atoms with E-state index in [0.717, 1.165) is 38.4 Å². The first-order valence-corrected chi connectivity index (χ1v) is 7.04. The third-order valence-electron chi connectivity index (χ3n) is 3.85. The predicted molar refractivity (Wildman–Crippen MR) is 82.8 cm³/mol. The van der Waals surface area contributed by atoms with E-state index in [-0.39, 0.29) is 0 Å². The molecule has 0 saturated carbocycles. The van der Waals surface area contributed by atoms with Crippen molar-refractivity contribution < 1.29 is 0 Å². The normalized spacial score (nSPS) is 17.2. The summed E-state index contributed by atoms with van der Waals surface area (Å²) in [5, 5.41) is 0. The van der Waals surface area contributed by atoms with Crippen molar-refractivity contribution in [3.05, 3.63) is 23.8 Å². The van der Waals surface area contributed by atoms with Crippen LogP contribution in [0.15, 0.2) is 18.2 Å². The number of rotatable bonds is 4. The summed E-state index contributed by atoms with van der Waals surface area (Å²) in [6.07, 6.45) is 0. The van der Waals surface area contributed by atoms with Crippen molar-refractivity contribution in [2.75, 3.05) is 64.0 Å². The van der Waals surface area contributed by atoms with Crippen LogP contribution in [-0.4, -0.2) is 63.2 Å². The van der Waals surface area contributed by atoms with Gasteiger partial charge >= 0.3 is 0 Å². The van der Waals surface area contributed by atoms with Crippen molar-refractivity contribution >= 4 is 11.4 Å². The summed E-state index contributed by atoms with van der Waals surface area (Å²) in [5.74, 6) is 0. The van der Waals surface area contributed by atoms with Crippen LogP contribution in [-0.2, 0) is 0 Å². The fourth-order valence-electron chi connectivity index (χ4n) is 2.43. The number of anilines is 2. The summed E-state index contributed by atoms with van der Waals surface area (Å²) >= 11 is 0. The van der Waals surface area contributed by atoms with Gasteiger partial charge in [-0.05, 0) is 44.8 Å². The Hall–Kier alpha value is -1.26. The SMILES string of the molecule is Cc1cc(N2CCN(CCN(C)C)CC2)ccc1N. The van der Waals surface area contributed by atoms with Crippen LogP contribution < -0.4 is 10.6 Å². The number of piperazine rings is 1. The van der Waals surface area contributed by atoms with E-state index in [1.54, 1.807) is 0 Å². The second-order valence-corrected chi connectivity index (χ2v) is 5.67. The molecule has 0 unspecified atom stereocenters. The summed E-state index contributed by atoms with van der Waals surface area (Å²) in [4.78, 5) is 7.25. The first kappa shape index (κ1) is 14.2. The van der Waals surface area contributed by atoms with Crippen molar-refractivity contribution in [2.45, 2.75) is 6.92 Å². The molecule has 106 valence electrons. The molecule has 0 aromatic heterocycles. The number of aryl methyl sites for hydroxylation is 1. The van der Waals surface area contributed by atoms with E-state index in [2.05, 4.69) is 47.9 Å². The Bertz CT molecular complexity index is 409. The van der Waals surface area contributed by atoms with E-state index in [1.165, 1.54) is 17.8 Å². The van der Waals surface area contributed by atoms with E-state index < -0.39 is 0 Å². The van der Waals surface area contributed by atoms with Crippen LogP contribution in [0.4, 0.5) is 11.4 Å². The first-order chi connectivity index (χ1) is 9.06. The highest BCUT2D eigenvalue weighted by atomic mass is 15.3. The first-order valence-electron chi connectivity index (χ1n) is 7.04. The van der Waals surface area contributed by atoms with E-state index >= 15 is 0 Å². The van der Waals surface area contributed by atoms with Crippen LogP contribution in [0.5, 0.6) is 0 Å². The van der Waals surface area contributed by atoms with Crippen molar-refractivity contribution in [1.82, 2.24) is 9.80 Å². The molecule has 0 amide bonds. The van der Waals surface area contributed by atoms with E-state index in [0.29, 0.717) is 0 Å². The average molecular weight is 262 g/mol. The molecule has 1 aliphatic rings. The van der Waals surface area contributed by atoms with Gasteiger partial charge in [0, 0.05) is 50.6 Å². The maximum Gasteiger partial charge on any atom is 0.0371 e. The molecule has 1 aliphatic heterocycles. The average Bonchev–Trinajstić information content (AvgIpc) is 2.40. The molecule has 0 aliphatic carbocycles.